The minimum atomic E-state index is -0.201. The maximum absolute atomic E-state index is 12.1. The third-order valence-electron chi connectivity index (χ3n) is 2.85. The van der Waals surface area contributed by atoms with Gasteiger partial charge in [-0.05, 0) is 18.2 Å². The number of fused-ring (bicyclic) bond motifs is 1. The van der Waals surface area contributed by atoms with E-state index in [1.54, 1.807) is 27.8 Å². The van der Waals surface area contributed by atoms with E-state index in [4.69, 9.17) is 0 Å². The molecule has 0 spiro atoms. The Morgan fingerprint density at radius 3 is 2.75 bits per heavy atom. The predicted octanol–water partition coefficient (Wildman–Crippen LogP) is 2.17. The van der Waals surface area contributed by atoms with Crippen LogP contribution < -0.4 is 5.32 Å². The molecule has 20 heavy (non-hydrogen) atoms. The van der Waals surface area contributed by atoms with Gasteiger partial charge in [0.1, 0.15) is 5.52 Å². The lowest BCUT2D eigenvalue weighted by Crippen LogP contribution is -2.35. The topological polar surface area (TPSA) is 63.1 Å². The van der Waals surface area contributed by atoms with E-state index in [1.165, 1.54) is 0 Å². The number of nitrogens with zero attached hydrogens (tertiary/aromatic N) is 4. The van der Waals surface area contributed by atoms with Crippen LogP contribution in [-0.2, 0) is 7.05 Å². The summed E-state index contributed by atoms with van der Waals surface area (Å²) in [6, 6.07) is 5.29. The maximum atomic E-state index is 12.1. The van der Waals surface area contributed by atoms with Crippen molar-refractivity contribution in [3.63, 3.8) is 0 Å². The fourth-order valence-corrected chi connectivity index (χ4v) is 1.87. The van der Waals surface area contributed by atoms with Gasteiger partial charge in [0, 0.05) is 25.8 Å². The van der Waals surface area contributed by atoms with Crippen molar-refractivity contribution in [2.75, 3.05) is 18.4 Å². The summed E-state index contributed by atoms with van der Waals surface area (Å²) in [5.74, 6) is 0. The van der Waals surface area contributed by atoms with Crippen LogP contribution in [-0.4, -0.2) is 39.0 Å². The highest BCUT2D eigenvalue weighted by atomic mass is 16.2. The predicted molar refractivity (Wildman–Crippen MR) is 79.5 cm³/mol. The number of carbonyl (C=O) groups is 1. The van der Waals surface area contributed by atoms with Crippen LogP contribution in [0.3, 0.4) is 0 Å². The van der Waals surface area contributed by atoms with Crippen LogP contribution >= 0.6 is 0 Å². The minimum absolute atomic E-state index is 0.201. The Morgan fingerprint density at radius 1 is 1.40 bits per heavy atom. The molecule has 104 valence electrons. The van der Waals surface area contributed by atoms with Crippen LogP contribution in [0, 0.1) is 0 Å². The number of amides is 2. The molecule has 6 heteroatoms. The second kappa shape index (κ2) is 6.01. The molecule has 0 aliphatic heterocycles. The Kier molecular flexibility index (Phi) is 4.14. The summed E-state index contributed by atoms with van der Waals surface area (Å²) in [7, 11) is 1.82. The normalized spacial score (nSPS) is 10.2. The van der Waals surface area contributed by atoms with Crippen molar-refractivity contribution in [2.45, 2.75) is 0 Å². The van der Waals surface area contributed by atoms with Crippen LogP contribution in [0.15, 0.2) is 43.5 Å². The molecule has 0 saturated carbocycles. The van der Waals surface area contributed by atoms with Crippen molar-refractivity contribution in [3.05, 3.63) is 43.5 Å². The number of urea groups is 1. The van der Waals surface area contributed by atoms with Gasteiger partial charge >= 0.3 is 6.03 Å². The van der Waals surface area contributed by atoms with Crippen molar-refractivity contribution < 1.29 is 4.79 Å². The Balaban J connectivity index is 2.15. The fraction of sp³-hybridized carbons (Fsp3) is 0.214. The van der Waals surface area contributed by atoms with Crippen LogP contribution in [0.4, 0.5) is 10.5 Å². The number of nitrogens with one attached hydrogen (secondary N) is 1. The lowest BCUT2D eigenvalue weighted by atomic mass is 10.2. The third kappa shape index (κ3) is 2.85. The SMILES string of the molecule is C=CCN(CC=C)C(=O)Nc1ccc2c(c1)nnn2C. The molecular weight excluding hydrogens is 254 g/mol. The van der Waals surface area contributed by atoms with E-state index in [2.05, 4.69) is 28.8 Å². The van der Waals surface area contributed by atoms with Crippen LogP contribution in [0.1, 0.15) is 0 Å². The molecule has 0 unspecified atom stereocenters. The van der Waals surface area contributed by atoms with Crippen molar-refractivity contribution in [1.82, 2.24) is 19.9 Å². The van der Waals surface area contributed by atoms with Gasteiger partial charge in [0.05, 0.1) is 5.52 Å². The summed E-state index contributed by atoms with van der Waals surface area (Å²) < 4.78 is 1.68. The van der Waals surface area contributed by atoms with E-state index in [1.807, 2.05) is 19.2 Å². The van der Waals surface area contributed by atoms with Crippen molar-refractivity contribution in [1.29, 1.82) is 0 Å². The molecule has 1 N–H and O–H groups in total. The average molecular weight is 271 g/mol. The van der Waals surface area contributed by atoms with E-state index >= 15 is 0 Å². The second-order valence-corrected chi connectivity index (χ2v) is 4.33. The van der Waals surface area contributed by atoms with Gasteiger partial charge in [-0.15, -0.1) is 18.3 Å². The first-order chi connectivity index (χ1) is 9.65. The second-order valence-electron chi connectivity index (χ2n) is 4.33. The minimum Gasteiger partial charge on any atom is -0.317 e. The highest BCUT2D eigenvalue weighted by Crippen LogP contribution is 2.16. The standard InChI is InChI=1S/C14H17N5O/c1-4-8-19(9-5-2)14(20)15-11-6-7-13-12(10-11)16-17-18(13)3/h4-7,10H,1-2,8-9H2,3H3,(H,15,20). The molecule has 0 fully saturated rings. The average Bonchev–Trinajstić information content (AvgIpc) is 2.80. The van der Waals surface area contributed by atoms with Crippen LogP contribution in [0.5, 0.6) is 0 Å². The van der Waals surface area contributed by atoms with Gasteiger partial charge in [-0.3, -0.25) is 0 Å². The van der Waals surface area contributed by atoms with E-state index in [9.17, 15) is 4.79 Å². The molecule has 0 bridgehead atoms. The molecule has 2 aromatic rings. The Morgan fingerprint density at radius 2 is 2.10 bits per heavy atom. The largest absolute Gasteiger partial charge is 0.322 e. The number of carbonyl (C=O) groups excluding carboxylic acids is 1. The zero-order chi connectivity index (χ0) is 14.5. The summed E-state index contributed by atoms with van der Waals surface area (Å²) in [5.41, 5.74) is 2.34. The summed E-state index contributed by atoms with van der Waals surface area (Å²) in [4.78, 5) is 13.7. The Hall–Kier alpha value is -2.63. The third-order valence-corrected chi connectivity index (χ3v) is 2.85. The van der Waals surface area contributed by atoms with Crippen LogP contribution in [0.25, 0.3) is 11.0 Å². The summed E-state index contributed by atoms with van der Waals surface area (Å²) in [6.45, 7) is 8.20. The van der Waals surface area contributed by atoms with Crippen LogP contribution in [0.2, 0.25) is 0 Å². The molecule has 0 radical (unpaired) electrons. The quantitative estimate of drug-likeness (QED) is 0.848. The van der Waals surface area contributed by atoms with Gasteiger partial charge in [-0.1, -0.05) is 17.4 Å². The van der Waals surface area contributed by atoms with E-state index in [0.717, 1.165) is 11.0 Å². The smallest absolute Gasteiger partial charge is 0.317 e. The molecule has 1 aromatic carbocycles. The lowest BCUT2D eigenvalue weighted by molar-refractivity contribution is 0.222. The first-order valence-electron chi connectivity index (χ1n) is 6.23. The molecular formula is C14H17N5O. The molecule has 0 aliphatic carbocycles. The first kappa shape index (κ1) is 13.8. The summed E-state index contributed by atoms with van der Waals surface area (Å²) >= 11 is 0. The number of hydrogen-bond donors (Lipinski definition) is 1. The van der Waals surface area contributed by atoms with Gasteiger partial charge in [0.25, 0.3) is 0 Å². The van der Waals surface area contributed by atoms with E-state index in [-0.39, 0.29) is 6.03 Å². The number of aryl methyl sites for hydroxylation is 1. The number of rotatable bonds is 5. The molecule has 0 saturated heterocycles. The van der Waals surface area contributed by atoms with Gasteiger partial charge < -0.3 is 10.2 Å². The Bertz CT molecular complexity index is 636. The molecule has 2 rings (SSSR count). The highest BCUT2D eigenvalue weighted by molar-refractivity contribution is 5.92. The molecule has 6 nitrogen and oxygen atoms in total. The molecule has 0 atom stereocenters. The monoisotopic (exact) mass is 271 g/mol. The molecule has 2 amide bonds. The fourth-order valence-electron chi connectivity index (χ4n) is 1.87. The summed E-state index contributed by atoms with van der Waals surface area (Å²) in [5, 5.41) is 10.8. The van der Waals surface area contributed by atoms with Crippen molar-refractivity contribution in [2.24, 2.45) is 7.05 Å². The number of aromatic nitrogens is 3. The summed E-state index contributed by atoms with van der Waals surface area (Å²) in [6.07, 6.45) is 3.35. The van der Waals surface area contributed by atoms with Crippen molar-refractivity contribution >= 4 is 22.8 Å². The molecule has 1 heterocycles. The van der Waals surface area contributed by atoms with Gasteiger partial charge in [0.2, 0.25) is 0 Å². The molecule has 1 aromatic heterocycles. The van der Waals surface area contributed by atoms with E-state index in [0.29, 0.717) is 18.8 Å². The lowest BCUT2D eigenvalue weighted by Gasteiger charge is -2.19. The maximum Gasteiger partial charge on any atom is 0.322 e. The van der Waals surface area contributed by atoms with Gasteiger partial charge in [-0.2, -0.15) is 0 Å². The number of hydrogen-bond acceptors (Lipinski definition) is 3. The van der Waals surface area contributed by atoms with Gasteiger partial charge in [0.15, 0.2) is 0 Å². The van der Waals surface area contributed by atoms with E-state index < -0.39 is 0 Å². The highest BCUT2D eigenvalue weighted by Gasteiger charge is 2.11. The van der Waals surface area contributed by atoms with Gasteiger partial charge in [-0.25, -0.2) is 9.48 Å². The first-order valence-corrected chi connectivity index (χ1v) is 6.23. The zero-order valence-electron chi connectivity index (χ0n) is 11.4. The van der Waals surface area contributed by atoms with Crippen molar-refractivity contribution in [3.8, 4) is 0 Å². The zero-order valence-corrected chi connectivity index (χ0v) is 11.4. The Labute approximate surface area is 117 Å². The molecule has 0 aliphatic rings. The number of anilines is 1. The number of benzene rings is 1.